The Morgan fingerprint density at radius 2 is 1.08 bits per heavy atom. The first-order valence-electron chi connectivity index (χ1n) is 18.9. The molecule has 0 aliphatic heterocycles. The molecule has 8 aromatic rings. The van der Waals surface area contributed by atoms with Crippen molar-refractivity contribution in [3.63, 3.8) is 0 Å². The predicted molar refractivity (Wildman–Crippen MR) is 228 cm³/mol. The Kier molecular flexibility index (Phi) is 7.84. The number of hydrogen-bond donors (Lipinski definition) is 0. The van der Waals surface area contributed by atoms with Crippen LogP contribution in [0.25, 0.3) is 71.8 Å². The second-order valence-electron chi connectivity index (χ2n) is 14.3. The van der Waals surface area contributed by atoms with Crippen LogP contribution in [0.5, 0.6) is 0 Å². The lowest BCUT2D eigenvalue weighted by atomic mass is 9.86. The van der Waals surface area contributed by atoms with Gasteiger partial charge in [-0.2, -0.15) is 0 Å². The van der Waals surface area contributed by atoms with E-state index in [2.05, 4.69) is 193 Å². The number of nitrogens with zero attached hydrogens (tertiary/aromatic N) is 1. The first kappa shape index (κ1) is 31.3. The van der Waals surface area contributed by atoms with Gasteiger partial charge in [-0.05, 0) is 145 Å². The minimum atomic E-state index is 1.000. The van der Waals surface area contributed by atoms with E-state index < -0.39 is 0 Å². The summed E-state index contributed by atoms with van der Waals surface area (Å²) in [5, 5.41) is 7.74. The third-order valence-corrected chi connectivity index (χ3v) is 11.2. The monoisotopic (exact) mass is 677 g/mol. The van der Waals surface area contributed by atoms with Crippen LogP contribution in [0.15, 0.2) is 188 Å². The number of benzene rings is 8. The average Bonchev–Trinajstić information content (AvgIpc) is 3.24. The molecule has 0 aromatic heterocycles. The Labute approximate surface area is 311 Å². The highest BCUT2D eigenvalue weighted by atomic mass is 15.1. The van der Waals surface area contributed by atoms with E-state index in [1.807, 2.05) is 0 Å². The summed E-state index contributed by atoms with van der Waals surface area (Å²) in [4.78, 5) is 2.44. The first-order valence-corrected chi connectivity index (χ1v) is 18.9. The highest BCUT2D eigenvalue weighted by Crippen LogP contribution is 2.41. The Balaban J connectivity index is 1.05. The summed E-state index contributed by atoms with van der Waals surface area (Å²) < 4.78 is 0. The molecule has 0 N–H and O–H groups in total. The summed E-state index contributed by atoms with van der Waals surface area (Å²) in [7, 11) is 0. The molecule has 0 amide bonds. The molecule has 8 aromatic carbocycles. The molecule has 1 nitrogen and oxygen atoms in total. The van der Waals surface area contributed by atoms with E-state index in [0.29, 0.717) is 0 Å². The Morgan fingerprint density at radius 3 is 1.83 bits per heavy atom. The summed E-state index contributed by atoms with van der Waals surface area (Å²) >= 11 is 0. The van der Waals surface area contributed by atoms with E-state index in [9.17, 15) is 0 Å². The maximum absolute atomic E-state index is 2.44. The number of rotatable bonds is 6. The second-order valence-corrected chi connectivity index (χ2v) is 14.3. The van der Waals surface area contributed by atoms with Crippen LogP contribution in [0.1, 0.15) is 30.4 Å². The first-order chi connectivity index (χ1) is 26.3. The summed E-state index contributed by atoms with van der Waals surface area (Å²) in [5.41, 5.74) is 14.0. The van der Waals surface area contributed by atoms with Crippen molar-refractivity contribution < 1.29 is 0 Å². The molecule has 252 valence electrons. The number of anilines is 2. The van der Waals surface area contributed by atoms with Crippen LogP contribution in [-0.4, -0.2) is 0 Å². The molecule has 0 atom stereocenters. The van der Waals surface area contributed by atoms with Gasteiger partial charge in [-0.1, -0.05) is 146 Å². The maximum atomic E-state index is 2.44. The van der Waals surface area contributed by atoms with Crippen LogP contribution >= 0.6 is 0 Å². The summed E-state index contributed by atoms with van der Waals surface area (Å²) in [6.45, 7) is 0. The minimum Gasteiger partial charge on any atom is -0.314 e. The van der Waals surface area contributed by atoms with E-state index in [0.717, 1.165) is 25.7 Å². The van der Waals surface area contributed by atoms with E-state index in [1.54, 1.807) is 0 Å². The van der Waals surface area contributed by atoms with E-state index >= 15 is 0 Å². The van der Waals surface area contributed by atoms with Crippen LogP contribution in [-0.2, 0) is 6.42 Å². The van der Waals surface area contributed by atoms with E-state index in [4.69, 9.17) is 0 Å². The third kappa shape index (κ3) is 5.66. The molecule has 0 bridgehead atoms. The molecule has 0 saturated carbocycles. The molecule has 10 rings (SSSR count). The summed E-state index contributed by atoms with van der Waals surface area (Å²) in [5.74, 6) is 0. The number of hydrogen-bond acceptors (Lipinski definition) is 1. The fourth-order valence-electron chi connectivity index (χ4n) is 8.53. The van der Waals surface area contributed by atoms with Gasteiger partial charge >= 0.3 is 0 Å². The fourth-order valence-corrected chi connectivity index (χ4v) is 8.53. The molecule has 0 radical (unpaired) electrons. The van der Waals surface area contributed by atoms with Crippen molar-refractivity contribution >= 4 is 49.8 Å². The SMILES string of the molecule is C1=CCCC(N(c2ccc(-c3cc(-c4ccccc4)cc4c3C=CCC4)cc2)c2ccc(-c3cc4c5ccccc5ccc4c4ccccc34)cc2)=C1. The van der Waals surface area contributed by atoms with Crippen molar-refractivity contribution in [3.05, 3.63) is 199 Å². The van der Waals surface area contributed by atoms with Crippen LogP contribution in [0.2, 0.25) is 0 Å². The Hall–Kier alpha value is -6.44. The molecule has 0 saturated heterocycles. The highest BCUT2D eigenvalue weighted by molar-refractivity contribution is 6.21. The number of fused-ring (bicyclic) bond motifs is 6. The van der Waals surface area contributed by atoms with Crippen molar-refractivity contribution in [2.75, 3.05) is 4.90 Å². The molecular weight excluding hydrogens is 639 g/mol. The standard InChI is InChI=1S/C52H39N/c1-3-13-36(14-4-1)41-33-40-16-8-10-20-46(40)50(34-41)38-23-28-43(29-24-38)53(42-17-5-2-6-18-42)44-30-25-39(26-31-44)51-35-52-45-19-9-7-15-37(45)27-32-49(52)47-21-11-12-22-48(47)51/h1-5,7,9-15,17,19-35H,6,8,16,18H2. The molecule has 0 unspecified atom stereocenters. The van der Waals surface area contributed by atoms with E-state index in [-0.39, 0.29) is 0 Å². The Morgan fingerprint density at radius 1 is 0.415 bits per heavy atom. The minimum absolute atomic E-state index is 1.000. The molecular formula is C52H39N. The lowest BCUT2D eigenvalue weighted by molar-refractivity contribution is 0.918. The lowest BCUT2D eigenvalue weighted by Crippen LogP contribution is -2.17. The van der Waals surface area contributed by atoms with Gasteiger partial charge in [-0.25, -0.2) is 0 Å². The average molecular weight is 678 g/mol. The topological polar surface area (TPSA) is 3.24 Å². The van der Waals surface area contributed by atoms with Gasteiger partial charge in [0, 0.05) is 17.1 Å². The zero-order valence-electron chi connectivity index (χ0n) is 29.7. The van der Waals surface area contributed by atoms with Gasteiger partial charge < -0.3 is 4.90 Å². The zero-order chi connectivity index (χ0) is 35.1. The zero-order valence-corrected chi connectivity index (χ0v) is 29.7. The second kappa shape index (κ2) is 13.3. The van der Waals surface area contributed by atoms with Gasteiger partial charge in [0.15, 0.2) is 0 Å². The summed E-state index contributed by atoms with van der Waals surface area (Å²) in [6.07, 6.45) is 15.6. The highest BCUT2D eigenvalue weighted by Gasteiger charge is 2.19. The van der Waals surface area contributed by atoms with Crippen molar-refractivity contribution in [1.82, 2.24) is 0 Å². The van der Waals surface area contributed by atoms with Gasteiger partial charge in [0.2, 0.25) is 0 Å². The van der Waals surface area contributed by atoms with Gasteiger partial charge in [-0.15, -0.1) is 0 Å². The quantitative estimate of drug-likeness (QED) is 0.158. The Bertz CT molecular complexity index is 2750. The lowest BCUT2D eigenvalue weighted by Gasteiger charge is -2.29. The molecule has 1 heteroatoms. The molecule has 0 heterocycles. The summed E-state index contributed by atoms with van der Waals surface area (Å²) in [6, 6.07) is 58.5. The smallest absolute Gasteiger partial charge is 0.0458 e. The van der Waals surface area contributed by atoms with E-state index in [1.165, 1.54) is 93.9 Å². The van der Waals surface area contributed by atoms with Gasteiger partial charge in [0.05, 0.1) is 0 Å². The van der Waals surface area contributed by atoms with Gasteiger partial charge in [0.1, 0.15) is 0 Å². The van der Waals surface area contributed by atoms with Crippen molar-refractivity contribution in [3.8, 4) is 33.4 Å². The molecule has 2 aliphatic rings. The third-order valence-electron chi connectivity index (χ3n) is 11.2. The van der Waals surface area contributed by atoms with Crippen LogP contribution in [0.3, 0.4) is 0 Å². The number of aryl methyl sites for hydroxylation is 1. The van der Waals surface area contributed by atoms with Gasteiger partial charge in [-0.3, -0.25) is 0 Å². The van der Waals surface area contributed by atoms with Crippen molar-refractivity contribution in [1.29, 1.82) is 0 Å². The van der Waals surface area contributed by atoms with Crippen molar-refractivity contribution in [2.45, 2.75) is 25.7 Å². The normalized spacial score (nSPS) is 13.7. The largest absolute Gasteiger partial charge is 0.314 e. The molecule has 0 fully saturated rings. The molecule has 53 heavy (non-hydrogen) atoms. The fraction of sp³-hybridized carbons (Fsp3) is 0.0769. The van der Waals surface area contributed by atoms with Crippen LogP contribution in [0, 0.1) is 0 Å². The van der Waals surface area contributed by atoms with Crippen LogP contribution in [0.4, 0.5) is 11.4 Å². The van der Waals surface area contributed by atoms with Gasteiger partial charge in [0.25, 0.3) is 0 Å². The number of allylic oxidation sites excluding steroid dienone is 5. The predicted octanol–water partition coefficient (Wildman–Crippen LogP) is 14.5. The molecule has 0 spiro atoms. The van der Waals surface area contributed by atoms with Crippen LogP contribution < -0.4 is 4.90 Å². The van der Waals surface area contributed by atoms with Crippen molar-refractivity contribution in [2.24, 2.45) is 0 Å². The molecule has 2 aliphatic carbocycles. The maximum Gasteiger partial charge on any atom is 0.0458 e.